The third kappa shape index (κ3) is 4.96. The molecule has 3 aromatic rings. The molecule has 5 rings (SSSR count). The molecule has 35 heavy (non-hydrogen) atoms. The van der Waals surface area contributed by atoms with Crippen LogP contribution in [0.4, 0.5) is 19.0 Å². The molecule has 0 aliphatic carbocycles. The second-order valence-electron chi connectivity index (χ2n) is 8.30. The van der Waals surface area contributed by atoms with Crippen LogP contribution in [-0.2, 0) is 6.18 Å². The third-order valence-corrected chi connectivity index (χ3v) is 6.00. The SMILES string of the molecule is FC(F)(F)c1nc(-c2ccccc2)c(-c2ccccc2)c(N2CCN(C3=CC=CCC=N3)CC2)n1. The summed E-state index contributed by atoms with van der Waals surface area (Å²) in [5.74, 6) is 0.0373. The minimum atomic E-state index is -4.67. The first-order valence-corrected chi connectivity index (χ1v) is 11.5. The number of aromatic nitrogens is 2. The van der Waals surface area contributed by atoms with E-state index in [9.17, 15) is 13.2 Å². The highest BCUT2D eigenvalue weighted by atomic mass is 19.4. The van der Waals surface area contributed by atoms with Gasteiger partial charge in [-0.2, -0.15) is 13.2 Å². The molecule has 0 saturated carbocycles. The number of hydrogen-bond donors (Lipinski definition) is 0. The van der Waals surface area contributed by atoms with Gasteiger partial charge in [-0.3, -0.25) is 0 Å². The van der Waals surface area contributed by atoms with Crippen molar-refractivity contribution < 1.29 is 13.2 Å². The molecular formula is C27H24F3N5. The highest BCUT2D eigenvalue weighted by Gasteiger charge is 2.38. The van der Waals surface area contributed by atoms with Crippen LogP contribution in [0, 0.1) is 0 Å². The summed E-state index contributed by atoms with van der Waals surface area (Å²) in [4.78, 5) is 16.7. The third-order valence-electron chi connectivity index (χ3n) is 6.00. The molecule has 1 saturated heterocycles. The number of anilines is 1. The number of halogens is 3. The second-order valence-corrected chi connectivity index (χ2v) is 8.30. The van der Waals surface area contributed by atoms with Gasteiger partial charge in [-0.05, 0) is 11.6 Å². The van der Waals surface area contributed by atoms with Crippen LogP contribution in [0.15, 0.2) is 89.7 Å². The van der Waals surface area contributed by atoms with Crippen molar-refractivity contribution in [1.29, 1.82) is 0 Å². The Morgan fingerprint density at radius 1 is 0.743 bits per heavy atom. The summed E-state index contributed by atoms with van der Waals surface area (Å²) in [6.45, 7) is 2.27. The van der Waals surface area contributed by atoms with Crippen molar-refractivity contribution in [3.63, 3.8) is 0 Å². The average molecular weight is 476 g/mol. The fourth-order valence-corrected chi connectivity index (χ4v) is 4.30. The van der Waals surface area contributed by atoms with E-state index in [2.05, 4.69) is 19.9 Å². The summed E-state index contributed by atoms with van der Waals surface area (Å²) >= 11 is 0. The summed E-state index contributed by atoms with van der Waals surface area (Å²) < 4.78 is 41.8. The normalized spacial score (nSPS) is 16.3. The molecule has 0 N–H and O–H groups in total. The maximum absolute atomic E-state index is 13.9. The number of benzene rings is 2. The highest BCUT2D eigenvalue weighted by Crippen LogP contribution is 2.40. The smallest absolute Gasteiger partial charge is 0.353 e. The molecule has 1 aromatic heterocycles. The number of nitrogens with zero attached hydrogens (tertiary/aromatic N) is 5. The van der Waals surface area contributed by atoms with Gasteiger partial charge in [-0.15, -0.1) is 0 Å². The van der Waals surface area contributed by atoms with Crippen molar-refractivity contribution in [1.82, 2.24) is 14.9 Å². The zero-order valence-electron chi connectivity index (χ0n) is 19.0. The minimum Gasteiger partial charge on any atom is -0.353 e. The Labute approximate surface area is 202 Å². The molecular weight excluding hydrogens is 451 g/mol. The number of alkyl halides is 3. The van der Waals surface area contributed by atoms with Crippen LogP contribution >= 0.6 is 0 Å². The van der Waals surface area contributed by atoms with Gasteiger partial charge in [0.1, 0.15) is 11.6 Å². The first-order chi connectivity index (χ1) is 17.0. The van der Waals surface area contributed by atoms with Gasteiger partial charge >= 0.3 is 6.18 Å². The molecule has 0 amide bonds. The summed E-state index contributed by atoms with van der Waals surface area (Å²) in [5, 5.41) is 0. The summed E-state index contributed by atoms with van der Waals surface area (Å²) in [7, 11) is 0. The zero-order chi connectivity index (χ0) is 24.3. The van der Waals surface area contributed by atoms with E-state index in [0.29, 0.717) is 43.1 Å². The number of allylic oxidation sites excluding steroid dienone is 3. The standard InChI is InChI=1S/C27H24F3N5/c28-27(29,30)26-32-24(21-12-6-2-7-13-21)23(20-10-4-1-5-11-20)25(33-26)35-18-16-34(17-19-35)22-14-8-3-9-15-31-22/h1-8,10-15H,9,16-19H2. The Kier molecular flexibility index (Phi) is 6.35. The van der Waals surface area contributed by atoms with Crippen LogP contribution < -0.4 is 4.90 Å². The van der Waals surface area contributed by atoms with Crippen molar-refractivity contribution in [2.24, 2.45) is 4.99 Å². The van der Waals surface area contributed by atoms with Crippen molar-refractivity contribution >= 4 is 12.0 Å². The van der Waals surface area contributed by atoms with Crippen LogP contribution in [0.5, 0.6) is 0 Å². The monoisotopic (exact) mass is 475 g/mol. The number of aliphatic imine (C=N–C) groups is 1. The lowest BCUT2D eigenvalue weighted by Gasteiger charge is -2.37. The van der Waals surface area contributed by atoms with Crippen molar-refractivity contribution in [2.45, 2.75) is 12.6 Å². The lowest BCUT2D eigenvalue weighted by molar-refractivity contribution is -0.144. The number of piperazine rings is 1. The molecule has 8 heteroatoms. The predicted octanol–water partition coefficient (Wildman–Crippen LogP) is 5.82. The van der Waals surface area contributed by atoms with Gasteiger partial charge in [0.05, 0.1) is 11.3 Å². The van der Waals surface area contributed by atoms with Gasteiger partial charge in [0, 0.05) is 44.4 Å². The summed E-state index contributed by atoms with van der Waals surface area (Å²) in [6, 6.07) is 18.4. The molecule has 0 atom stereocenters. The van der Waals surface area contributed by atoms with Gasteiger partial charge in [0.25, 0.3) is 0 Å². The molecule has 0 spiro atoms. The van der Waals surface area contributed by atoms with Gasteiger partial charge in [0.15, 0.2) is 0 Å². The zero-order valence-corrected chi connectivity index (χ0v) is 19.0. The van der Waals surface area contributed by atoms with Gasteiger partial charge in [0.2, 0.25) is 5.82 Å². The molecule has 0 bridgehead atoms. The largest absolute Gasteiger partial charge is 0.451 e. The predicted molar refractivity (Wildman–Crippen MR) is 132 cm³/mol. The average Bonchev–Trinajstić information content (AvgIpc) is 3.18. The number of rotatable bonds is 4. The van der Waals surface area contributed by atoms with E-state index in [-0.39, 0.29) is 5.69 Å². The first kappa shape index (κ1) is 22.8. The quantitative estimate of drug-likeness (QED) is 0.477. The molecule has 1 fully saturated rings. The Hall–Kier alpha value is -3.94. The highest BCUT2D eigenvalue weighted by molar-refractivity contribution is 5.88. The molecule has 5 nitrogen and oxygen atoms in total. The van der Waals surface area contributed by atoms with E-state index >= 15 is 0 Å². The van der Waals surface area contributed by atoms with Crippen molar-refractivity contribution in [2.75, 3.05) is 31.1 Å². The summed E-state index contributed by atoms with van der Waals surface area (Å²) in [6.07, 6.45) is 3.96. The van der Waals surface area contributed by atoms with Crippen LogP contribution in [0.1, 0.15) is 12.2 Å². The first-order valence-electron chi connectivity index (χ1n) is 11.5. The molecule has 0 unspecified atom stereocenters. The Morgan fingerprint density at radius 3 is 2.03 bits per heavy atom. The van der Waals surface area contributed by atoms with Gasteiger partial charge in [-0.25, -0.2) is 15.0 Å². The number of hydrogen-bond acceptors (Lipinski definition) is 5. The molecule has 2 aliphatic heterocycles. The Balaban J connectivity index is 1.59. The maximum Gasteiger partial charge on any atom is 0.451 e. The maximum atomic E-state index is 13.9. The Morgan fingerprint density at radius 2 is 1.37 bits per heavy atom. The van der Waals surface area contributed by atoms with Gasteiger partial charge in [-0.1, -0.05) is 72.8 Å². The molecule has 0 radical (unpaired) electrons. The van der Waals surface area contributed by atoms with E-state index in [1.54, 1.807) is 24.3 Å². The molecule has 3 heterocycles. The van der Waals surface area contributed by atoms with Crippen LogP contribution in [0.2, 0.25) is 0 Å². The Bertz CT molecular complexity index is 1260. The van der Waals surface area contributed by atoms with E-state index in [1.807, 2.05) is 65.7 Å². The lowest BCUT2D eigenvalue weighted by Crippen LogP contribution is -2.46. The fraction of sp³-hybridized carbons (Fsp3) is 0.222. The van der Waals surface area contributed by atoms with Crippen molar-refractivity contribution in [3.05, 3.63) is 90.5 Å². The van der Waals surface area contributed by atoms with Crippen molar-refractivity contribution in [3.8, 4) is 22.4 Å². The van der Waals surface area contributed by atoms with E-state index in [1.165, 1.54) is 0 Å². The summed E-state index contributed by atoms with van der Waals surface area (Å²) in [5.41, 5.74) is 2.27. The van der Waals surface area contributed by atoms with Crippen LogP contribution in [-0.4, -0.2) is 47.3 Å². The van der Waals surface area contributed by atoms with E-state index < -0.39 is 12.0 Å². The van der Waals surface area contributed by atoms with Gasteiger partial charge < -0.3 is 9.80 Å². The molecule has 178 valence electrons. The molecule has 2 aliphatic rings. The van der Waals surface area contributed by atoms with Crippen LogP contribution in [0.25, 0.3) is 22.4 Å². The van der Waals surface area contributed by atoms with E-state index in [4.69, 9.17) is 0 Å². The fourth-order valence-electron chi connectivity index (χ4n) is 4.30. The second kappa shape index (κ2) is 9.74. The minimum absolute atomic E-state index is 0.276. The lowest BCUT2D eigenvalue weighted by atomic mass is 9.98. The van der Waals surface area contributed by atoms with E-state index in [0.717, 1.165) is 17.8 Å². The van der Waals surface area contributed by atoms with Crippen LogP contribution in [0.3, 0.4) is 0 Å². The molecule has 2 aromatic carbocycles. The topological polar surface area (TPSA) is 44.6 Å².